The number of halogens is 1. The number of carbonyl (C=O) groups is 1. The minimum absolute atomic E-state index is 0.449. The monoisotopic (exact) mass is 167 g/mol. The molecule has 0 bridgehead atoms. The molecule has 0 aromatic carbocycles. The zero-order chi connectivity index (χ0) is 8.27. The molecule has 1 aromatic heterocycles. The molecule has 0 fully saturated rings. The molecule has 1 rings (SSSR count). The summed E-state index contributed by atoms with van der Waals surface area (Å²) >= 11 is 5.72. The zero-order valence-electron chi connectivity index (χ0n) is 5.75. The van der Waals surface area contributed by atoms with Crippen LogP contribution in [0.1, 0.15) is 16.1 Å². The van der Waals surface area contributed by atoms with Crippen LogP contribution in [0.2, 0.25) is 5.02 Å². The highest BCUT2D eigenvalue weighted by atomic mass is 35.5. The first-order chi connectivity index (χ1) is 5.27. The summed E-state index contributed by atoms with van der Waals surface area (Å²) in [5, 5.41) is 0.449. The second-order valence-corrected chi connectivity index (χ2v) is 2.36. The predicted molar refractivity (Wildman–Crippen MR) is 44.7 cm³/mol. The summed E-state index contributed by atoms with van der Waals surface area (Å²) in [6.07, 6.45) is 3.69. The largest absolute Gasteiger partial charge is 0.298 e. The number of rotatable bonds is 2. The zero-order valence-corrected chi connectivity index (χ0v) is 6.51. The molecule has 0 aliphatic carbocycles. The Kier molecular flexibility index (Phi) is 2.39. The van der Waals surface area contributed by atoms with Gasteiger partial charge in [-0.15, -0.1) is 0 Å². The summed E-state index contributed by atoms with van der Waals surface area (Å²) < 4.78 is 0. The molecule has 1 heterocycles. The van der Waals surface area contributed by atoms with Crippen molar-refractivity contribution in [2.45, 2.75) is 0 Å². The van der Waals surface area contributed by atoms with Crippen molar-refractivity contribution in [3.63, 3.8) is 0 Å². The maximum atomic E-state index is 10.2. The Morgan fingerprint density at radius 2 is 2.36 bits per heavy atom. The van der Waals surface area contributed by atoms with Gasteiger partial charge in [0.1, 0.15) is 0 Å². The van der Waals surface area contributed by atoms with Crippen LogP contribution in [0.25, 0.3) is 6.08 Å². The van der Waals surface area contributed by atoms with Crippen molar-refractivity contribution < 1.29 is 4.79 Å². The van der Waals surface area contributed by atoms with Gasteiger partial charge >= 0.3 is 0 Å². The Morgan fingerprint density at radius 1 is 1.64 bits per heavy atom. The lowest BCUT2D eigenvalue weighted by Gasteiger charge is -1.95. The molecule has 0 aliphatic heterocycles. The van der Waals surface area contributed by atoms with Gasteiger partial charge < -0.3 is 0 Å². The number of aromatic nitrogens is 1. The van der Waals surface area contributed by atoms with Crippen LogP contribution in [0.3, 0.4) is 0 Å². The van der Waals surface area contributed by atoms with E-state index < -0.39 is 0 Å². The minimum Gasteiger partial charge on any atom is -0.298 e. The molecule has 0 saturated carbocycles. The predicted octanol–water partition coefficient (Wildman–Crippen LogP) is 2.19. The molecule has 2 nitrogen and oxygen atoms in total. The van der Waals surface area contributed by atoms with Crippen LogP contribution < -0.4 is 0 Å². The van der Waals surface area contributed by atoms with Crippen molar-refractivity contribution in [2.24, 2.45) is 0 Å². The highest BCUT2D eigenvalue weighted by Crippen LogP contribution is 2.14. The molecule has 0 aliphatic rings. The summed E-state index contributed by atoms with van der Waals surface area (Å²) in [6.45, 7) is 3.51. The second kappa shape index (κ2) is 3.30. The molecule has 11 heavy (non-hydrogen) atoms. The lowest BCUT2D eigenvalue weighted by atomic mass is 10.2. The Labute approximate surface area is 69.5 Å². The van der Waals surface area contributed by atoms with E-state index in [0.717, 1.165) is 0 Å². The fourth-order valence-electron chi connectivity index (χ4n) is 0.678. The summed E-state index contributed by atoms with van der Waals surface area (Å²) in [4.78, 5) is 14.1. The molecule has 0 radical (unpaired) electrons. The standard InChI is InChI=1S/C8H6ClNO/c1-2-8-7(9)3-6(5-11)4-10-8/h2-5H,1H2. The van der Waals surface area contributed by atoms with E-state index in [1.165, 1.54) is 12.3 Å². The van der Waals surface area contributed by atoms with Gasteiger partial charge in [0, 0.05) is 11.8 Å². The molecule has 3 heteroatoms. The van der Waals surface area contributed by atoms with Crippen molar-refractivity contribution in [2.75, 3.05) is 0 Å². The number of hydrogen-bond acceptors (Lipinski definition) is 2. The lowest BCUT2D eigenvalue weighted by molar-refractivity contribution is 0.112. The third-order valence-electron chi connectivity index (χ3n) is 1.22. The number of nitrogens with zero attached hydrogens (tertiary/aromatic N) is 1. The molecule has 0 saturated heterocycles. The van der Waals surface area contributed by atoms with E-state index in [2.05, 4.69) is 11.6 Å². The van der Waals surface area contributed by atoms with E-state index in [0.29, 0.717) is 22.6 Å². The van der Waals surface area contributed by atoms with E-state index in [1.54, 1.807) is 6.07 Å². The number of hydrogen-bond donors (Lipinski definition) is 0. The van der Waals surface area contributed by atoms with E-state index >= 15 is 0 Å². The van der Waals surface area contributed by atoms with Crippen LogP contribution in [-0.4, -0.2) is 11.3 Å². The number of carbonyl (C=O) groups excluding carboxylic acids is 1. The van der Waals surface area contributed by atoms with Crippen molar-refractivity contribution in [3.05, 3.63) is 35.1 Å². The lowest BCUT2D eigenvalue weighted by Crippen LogP contribution is -1.86. The van der Waals surface area contributed by atoms with Crippen molar-refractivity contribution in [3.8, 4) is 0 Å². The quantitative estimate of drug-likeness (QED) is 0.632. The Balaban J connectivity index is 3.18. The highest BCUT2D eigenvalue weighted by Gasteiger charge is 1.97. The second-order valence-electron chi connectivity index (χ2n) is 1.96. The molecule has 0 N–H and O–H groups in total. The Hall–Kier alpha value is -1.15. The van der Waals surface area contributed by atoms with Gasteiger partial charge in [-0.3, -0.25) is 9.78 Å². The summed E-state index contributed by atoms with van der Waals surface area (Å²) in [6, 6.07) is 1.55. The summed E-state index contributed by atoms with van der Waals surface area (Å²) in [7, 11) is 0. The van der Waals surface area contributed by atoms with E-state index in [-0.39, 0.29) is 0 Å². The molecular weight excluding hydrogens is 162 g/mol. The smallest absolute Gasteiger partial charge is 0.151 e. The summed E-state index contributed by atoms with van der Waals surface area (Å²) in [5.41, 5.74) is 1.07. The first-order valence-corrected chi connectivity index (χ1v) is 3.39. The molecule has 0 unspecified atom stereocenters. The topological polar surface area (TPSA) is 30.0 Å². The highest BCUT2D eigenvalue weighted by molar-refractivity contribution is 6.32. The Morgan fingerprint density at radius 3 is 2.82 bits per heavy atom. The third-order valence-corrected chi connectivity index (χ3v) is 1.52. The number of pyridine rings is 1. The van der Waals surface area contributed by atoms with Gasteiger partial charge in [-0.2, -0.15) is 0 Å². The van der Waals surface area contributed by atoms with Crippen LogP contribution in [0, 0.1) is 0 Å². The van der Waals surface area contributed by atoms with Gasteiger partial charge in [0.05, 0.1) is 10.7 Å². The minimum atomic E-state index is 0.449. The van der Waals surface area contributed by atoms with Gasteiger partial charge in [-0.1, -0.05) is 18.2 Å². The van der Waals surface area contributed by atoms with Crippen molar-refractivity contribution in [1.29, 1.82) is 0 Å². The maximum Gasteiger partial charge on any atom is 0.151 e. The van der Waals surface area contributed by atoms with Crippen LogP contribution in [0.4, 0.5) is 0 Å². The Bertz CT molecular complexity index is 296. The van der Waals surface area contributed by atoms with Crippen molar-refractivity contribution >= 4 is 24.0 Å². The molecule has 0 amide bonds. The van der Waals surface area contributed by atoms with Crippen LogP contribution in [-0.2, 0) is 0 Å². The first-order valence-electron chi connectivity index (χ1n) is 3.01. The van der Waals surface area contributed by atoms with Gasteiger partial charge in [0.25, 0.3) is 0 Å². The SMILES string of the molecule is C=Cc1ncc(C=O)cc1Cl. The maximum absolute atomic E-state index is 10.2. The molecular formula is C8H6ClNO. The fourth-order valence-corrected chi connectivity index (χ4v) is 0.930. The normalized spacial score (nSPS) is 9.18. The van der Waals surface area contributed by atoms with Crippen LogP contribution >= 0.6 is 11.6 Å². The first kappa shape index (κ1) is 7.95. The third kappa shape index (κ3) is 1.65. The van der Waals surface area contributed by atoms with Crippen LogP contribution in [0.15, 0.2) is 18.8 Å². The van der Waals surface area contributed by atoms with Gasteiger partial charge in [-0.05, 0) is 12.1 Å². The molecule has 0 spiro atoms. The van der Waals surface area contributed by atoms with Gasteiger partial charge in [0.15, 0.2) is 6.29 Å². The van der Waals surface area contributed by atoms with Gasteiger partial charge in [0.2, 0.25) is 0 Å². The van der Waals surface area contributed by atoms with Crippen LogP contribution in [0.5, 0.6) is 0 Å². The van der Waals surface area contributed by atoms with Gasteiger partial charge in [-0.25, -0.2) is 0 Å². The van der Waals surface area contributed by atoms with Crippen molar-refractivity contribution in [1.82, 2.24) is 4.98 Å². The van der Waals surface area contributed by atoms with E-state index in [4.69, 9.17) is 11.6 Å². The van der Waals surface area contributed by atoms with E-state index in [9.17, 15) is 4.79 Å². The summed E-state index contributed by atoms with van der Waals surface area (Å²) in [5.74, 6) is 0. The fraction of sp³-hybridized carbons (Fsp3) is 0. The average Bonchev–Trinajstić information content (AvgIpc) is 2.04. The van der Waals surface area contributed by atoms with E-state index in [1.807, 2.05) is 0 Å². The molecule has 56 valence electrons. The molecule has 0 atom stereocenters. The number of aldehydes is 1. The molecule has 1 aromatic rings. The average molecular weight is 168 g/mol.